The lowest BCUT2D eigenvalue weighted by atomic mass is 10.0. The van der Waals surface area contributed by atoms with Crippen molar-refractivity contribution < 1.29 is 9.18 Å². The number of aromatic nitrogens is 2. The van der Waals surface area contributed by atoms with E-state index in [1.54, 1.807) is 10.5 Å². The minimum atomic E-state index is -0.366. The van der Waals surface area contributed by atoms with Gasteiger partial charge in [0, 0.05) is 55.9 Å². The summed E-state index contributed by atoms with van der Waals surface area (Å²) < 4.78 is 16.3. The summed E-state index contributed by atoms with van der Waals surface area (Å²) >= 11 is 0. The number of hydrogen-bond donors (Lipinski definition) is 0. The van der Waals surface area contributed by atoms with E-state index in [1.165, 1.54) is 18.9 Å². The van der Waals surface area contributed by atoms with Crippen LogP contribution in [0.15, 0.2) is 48.6 Å². The molecule has 2 aromatic heterocycles. The van der Waals surface area contributed by atoms with E-state index in [1.807, 2.05) is 30.4 Å². The highest BCUT2D eigenvalue weighted by atomic mass is 31.1. The van der Waals surface area contributed by atoms with Crippen molar-refractivity contribution in [3.63, 3.8) is 0 Å². The van der Waals surface area contributed by atoms with Crippen LogP contribution in [0.1, 0.15) is 44.9 Å². The number of hydrogen-bond acceptors (Lipinski definition) is 4. The molecule has 1 amide bonds. The van der Waals surface area contributed by atoms with Gasteiger partial charge < -0.3 is 14.2 Å². The topological polar surface area (TPSA) is 44.1 Å². The summed E-state index contributed by atoms with van der Waals surface area (Å²) in [6.07, 6.45) is 14.1. The molecule has 5 heterocycles. The molecule has 8 heteroatoms. The van der Waals surface area contributed by atoms with E-state index < -0.39 is 0 Å². The molecule has 0 spiro atoms. The van der Waals surface area contributed by atoms with Crippen molar-refractivity contribution in [2.75, 3.05) is 26.2 Å². The maximum atomic E-state index is 14.6. The van der Waals surface area contributed by atoms with Gasteiger partial charge in [-0.2, -0.15) is 0 Å². The van der Waals surface area contributed by atoms with Crippen molar-refractivity contribution in [3.8, 4) is 0 Å². The molecular weight excluding hydrogens is 460 g/mol. The number of rotatable bonds is 6. The number of pyridine rings is 1. The van der Waals surface area contributed by atoms with Crippen LogP contribution in [0.3, 0.4) is 0 Å². The lowest BCUT2D eigenvalue weighted by molar-refractivity contribution is -0.123. The van der Waals surface area contributed by atoms with E-state index in [-0.39, 0.29) is 17.5 Å². The third-order valence-electron chi connectivity index (χ3n) is 7.52. The molecule has 5 rings (SSSR count). The molecule has 0 aliphatic carbocycles. The van der Waals surface area contributed by atoms with E-state index >= 15 is 0 Å². The molecular formula is C27H35FN5OP. The summed E-state index contributed by atoms with van der Waals surface area (Å²) in [5, 5.41) is 0.883. The fourth-order valence-corrected chi connectivity index (χ4v) is 6.46. The molecule has 3 unspecified atom stereocenters. The first-order valence-electron chi connectivity index (χ1n) is 12.7. The summed E-state index contributed by atoms with van der Waals surface area (Å²) in [5.41, 5.74) is 2.93. The number of nitrogens with zero attached hydrogens (tertiary/aromatic N) is 5. The lowest BCUT2D eigenvalue weighted by Gasteiger charge is -2.43. The van der Waals surface area contributed by atoms with Gasteiger partial charge in [0.15, 0.2) is 11.5 Å². The highest BCUT2D eigenvalue weighted by Gasteiger charge is 2.31. The lowest BCUT2D eigenvalue weighted by Crippen LogP contribution is -2.52. The number of fused-ring (bicyclic) bond motifs is 2. The molecule has 4 atom stereocenters. The Labute approximate surface area is 209 Å². The first-order chi connectivity index (χ1) is 16.8. The standard InChI is InChI=1S/C27H35FN5OP/c1-5-18(2)8-9-30-10-11-31(15-20(30)4)22-6-7-26-33(17-22)25(34)13-24(35-26)21-12-23(28)27-29-19(3)14-32(27)16-21/h6-7,12-14,16-18,20,26,35H,5,8-11,15H2,1-4H3/t18?,20-,26?/m0/s1. The summed E-state index contributed by atoms with van der Waals surface area (Å²) in [4.78, 5) is 24.2. The number of amides is 1. The van der Waals surface area contributed by atoms with Crippen LogP contribution >= 0.6 is 8.58 Å². The Kier molecular flexibility index (Phi) is 6.82. The van der Waals surface area contributed by atoms with Crippen molar-refractivity contribution in [3.05, 3.63) is 65.7 Å². The third-order valence-corrected chi connectivity index (χ3v) is 9.03. The Bertz CT molecular complexity index is 1220. The fraction of sp³-hybridized carbons (Fsp3) is 0.481. The van der Waals surface area contributed by atoms with Crippen LogP contribution in [-0.4, -0.2) is 68.0 Å². The van der Waals surface area contributed by atoms with Gasteiger partial charge >= 0.3 is 0 Å². The van der Waals surface area contributed by atoms with E-state index in [4.69, 9.17) is 0 Å². The minimum absolute atomic E-state index is 0.0243. The molecule has 0 radical (unpaired) electrons. The second-order valence-corrected chi connectivity index (χ2v) is 11.5. The Balaban J connectivity index is 1.29. The van der Waals surface area contributed by atoms with Crippen molar-refractivity contribution in [2.24, 2.45) is 5.92 Å². The zero-order valence-corrected chi connectivity index (χ0v) is 22.0. The van der Waals surface area contributed by atoms with Crippen LogP contribution in [-0.2, 0) is 4.79 Å². The summed E-state index contributed by atoms with van der Waals surface area (Å²) in [5.74, 6) is 0.333. The summed E-state index contributed by atoms with van der Waals surface area (Å²) in [7, 11) is 0.355. The molecule has 3 aliphatic heterocycles. The molecule has 6 nitrogen and oxygen atoms in total. The molecule has 0 aromatic carbocycles. The molecule has 0 N–H and O–H groups in total. The Morgan fingerprint density at radius 2 is 2.11 bits per heavy atom. The average Bonchev–Trinajstić information content (AvgIpc) is 3.23. The number of halogens is 1. The first-order valence-corrected chi connectivity index (χ1v) is 13.7. The molecule has 35 heavy (non-hydrogen) atoms. The van der Waals surface area contributed by atoms with E-state index in [9.17, 15) is 9.18 Å². The van der Waals surface area contributed by atoms with Crippen molar-refractivity contribution in [2.45, 2.75) is 52.4 Å². The van der Waals surface area contributed by atoms with Crippen LogP contribution < -0.4 is 0 Å². The van der Waals surface area contributed by atoms with Gasteiger partial charge in [0.05, 0.1) is 17.2 Å². The maximum Gasteiger partial charge on any atom is 0.252 e. The monoisotopic (exact) mass is 495 g/mol. The van der Waals surface area contributed by atoms with Crippen LogP contribution in [0, 0.1) is 18.7 Å². The molecule has 186 valence electrons. The minimum Gasteiger partial charge on any atom is -0.368 e. The Morgan fingerprint density at radius 3 is 2.89 bits per heavy atom. The predicted octanol–water partition coefficient (Wildman–Crippen LogP) is 4.82. The number of carbonyl (C=O) groups excluding carboxylic acids is 1. The van der Waals surface area contributed by atoms with Crippen molar-refractivity contribution >= 4 is 25.4 Å². The predicted molar refractivity (Wildman–Crippen MR) is 141 cm³/mol. The summed E-state index contributed by atoms with van der Waals surface area (Å²) in [6.45, 7) is 12.9. The van der Waals surface area contributed by atoms with Crippen LogP contribution in [0.5, 0.6) is 0 Å². The van der Waals surface area contributed by atoms with Gasteiger partial charge in [0.2, 0.25) is 0 Å². The normalized spacial score (nSPS) is 24.7. The van der Waals surface area contributed by atoms with Gasteiger partial charge in [0.1, 0.15) is 0 Å². The van der Waals surface area contributed by atoms with Gasteiger partial charge in [-0.3, -0.25) is 9.69 Å². The summed E-state index contributed by atoms with van der Waals surface area (Å²) in [6, 6.07) is 1.99. The van der Waals surface area contributed by atoms with E-state index in [0.717, 1.165) is 54.4 Å². The molecule has 0 bridgehead atoms. The largest absolute Gasteiger partial charge is 0.368 e. The highest BCUT2D eigenvalue weighted by molar-refractivity contribution is 7.51. The second-order valence-electron chi connectivity index (χ2n) is 10.1. The zero-order valence-electron chi connectivity index (χ0n) is 21.0. The molecule has 1 saturated heterocycles. The van der Waals surface area contributed by atoms with Gasteiger partial charge in [-0.1, -0.05) is 34.9 Å². The molecule has 0 saturated carbocycles. The first kappa shape index (κ1) is 24.2. The number of imidazole rings is 1. The van der Waals surface area contributed by atoms with Crippen LogP contribution in [0.4, 0.5) is 4.39 Å². The second kappa shape index (κ2) is 9.87. The van der Waals surface area contributed by atoms with Gasteiger partial charge in [0.25, 0.3) is 5.91 Å². The molecule has 1 fully saturated rings. The Morgan fingerprint density at radius 1 is 1.29 bits per heavy atom. The van der Waals surface area contributed by atoms with Gasteiger partial charge in [-0.05, 0) is 50.2 Å². The molecule has 2 aromatic rings. The van der Waals surface area contributed by atoms with Crippen molar-refractivity contribution in [1.29, 1.82) is 0 Å². The number of aryl methyl sites for hydroxylation is 1. The SMILES string of the molecule is CCC(C)CCN1CCN(C2=CN3C(=O)C=C(c4cc(F)c5nc(C)cn5c4)PC3C=C2)C[C@@H]1C. The maximum absolute atomic E-state index is 14.6. The fourth-order valence-electron chi connectivity index (χ4n) is 5.10. The average molecular weight is 496 g/mol. The number of piperazine rings is 1. The zero-order chi connectivity index (χ0) is 24.7. The van der Waals surface area contributed by atoms with Gasteiger partial charge in [-0.15, -0.1) is 0 Å². The smallest absolute Gasteiger partial charge is 0.252 e. The quantitative estimate of drug-likeness (QED) is 0.539. The van der Waals surface area contributed by atoms with Crippen molar-refractivity contribution in [1.82, 2.24) is 24.1 Å². The van der Waals surface area contributed by atoms with Gasteiger partial charge in [-0.25, -0.2) is 9.37 Å². The number of carbonyl (C=O) groups is 1. The Hall–Kier alpha value is -2.50. The van der Waals surface area contributed by atoms with Crippen LogP contribution in [0.2, 0.25) is 0 Å². The highest BCUT2D eigenvalue weighted by Crippen LogP contribution is 2.45. The van der Waals surface area contributed by atoms with Crippen LogP contribution in [0.25, 0.3) is 11.0 Å². The number of allylic oxidation sites excluding steroid dienone is 1. The molecule has 3 aliphatic rings. The third kappa shape index (κ3) is 4.94. The van der Waals surface area contributed by atoms with E-state index in [2.05, 4.69) is 47.7 Å². The van der Waals surface area contributed by atoms with E-state index in [0.29, 0.717) is 20.3 Å².